The number of nitrogens with two attached hydrogens (primary N) is 1. The van der Waals surface area contributed by atoms with Gasteiger partial charge in [-0.25, -0.2) is 14.6 Å². The molecule has 0 radical (unpaired) electrons. The summed E-state index contributed by atoms with van der Waals surface area (Å²) < 4.78 is 47.3. The van der Waals surface area contributed by atoms with Gasteiger partial charge in [-0.2, -0.15) is 21.0 Å². The first-order valence-electron chi connectivity index (χ1n) is 41.0. The van der Waals surface area contributed by atoms with Crippen molar-refractivity contribution in [2.24, 2.45) is 12.8 Å². The normalized spacial score (nSPS) is 10.7. The van der Waals surface area contributed by atoms with E-state index in [-0.39, 0.29) is 11.6 Å². The number of aromatic nitrogens is 6. The van der Waals surface area contributed by atoms with E-state index in [0.717, 1.165) is 158 Å². The number of benzene rings is 11. The number of amides is 4. The third kappa shape index (κ3) is 20.4. The Labute approximate surface area is 745 Å². The Bertz CT molecular complexity index is 7050. The highest BCUT2D eigenvalue weighted by atomic mass is 32.1. The van der Waals surface area contributed by atoms with Crippen LogP contribution in [0.15, 0.2) is 273 Å². The van der Waals surface area contributed by atoms with Crippen LogP contribution >= 0.6 is 11.3 Å². The van der Waals surface area contributed by atoms with Crippen LogP contribution in [0.2, 0.25) is 0 Å². The number of para-hydroxylation sites is 1. The number of urea groups is 1. The quantitative estimate of drug-likeness (QED) is 0.0551. The molecule has 0 saturated heterocycles. The number of nitriles is 4. The summed E-state index contributed by atoms with van der Waals surface area (Å²) in [6.07, 6.45) is 5.91. The van der Waals surface area contributed by atoms with Crippen molar-refractivity contribution in [3.8, 4) is 109 Å². The van der Waals surface area contributed by atoms with Crippen molar-refractivity contribution in [2.75, 3.05) is 52.8 Å². The van der Waals surface area contributed by atoms with Gasteiger partial charge >= 0.3 is 12.1 Å². The number of nitrogens with zero attached hydrogens (tertiary/aromatic N) is 10. The predicted octanol–water partition coefficient (Wildman–Crippen LogP) is 22.6. The molecule has 11 aromatic carbocycles. The number of aryl methyl sites for hydroxylation is 3. The van der Waals surface area contributed by atoms with Gasteiger partial charge in [-0.05, 0) is 210 Å². The monoisotopic (exact) mass is 1720 g/mol. The van der Waals surface area contributed by atoms with Gasteiger partial charge in [0, 0.05) is 127 Å². The Kier molecular flexibility index (Phi) is 28.4. The van der Waals surface area contributed by atoms with E-state index in [4.69, 9.17) is 43.9 Å². The number of anilines is 2. The standard InChI is InChI=1S/C25H19N3O2S.C21H22N4O2.C20H19N3O3.C19H18N2O2.C18H16N2O/c1-30-19-10-8-18(9-11-19)28-14-21(20-12-7-17(24(26)29)13-23(20)28)25-27-22(15-31-25)16-5-3-2-4-6-16;1-21(2,3)24-20(26)23-15-5-10-18-14(12-22)13-25(19(18)11-15)16-6-8-17(27-4)9-7-16;1-3-10-26-20(24)22-15-4-9-18-14(12-21)13-23(19(18)11-15)16-5-7-17(25-2)8-6-16;1-3-21-18-11-15(22-2)9-10-16(18)17(12-20)19(21)13-23-14-7-5-4-6-8-14;1-12-5-4-6-13(9-12)18-16(11-19)15-8-7-14(21-3)10-17(15)20(18)2/h2-15H,1H3,(H2,26,29);5-11,13H,1-4H3,(H2,23,24,26);4-9,11,13H,3,10H2,1-2H3,(H,22,24);4-11H,3,13H2,1-2H3;4-10H,1-3H3. The lowest BCUT2D eigenvalue weighted by molar-refractivity contribution is 0.1000. The first kappa shape index (κ1) is 89.3. The van der Waals surface area contributed by atoms with Crippen LogP contribution in [0.4, 0.5) is 21.0 Å². The topological polar surface area (TPSA) is 311 Å². The van der Waals surface area contributed by atoms with Gasteiger partial charge in [0.15, 0.2) is 0 Å². The molecule has 17 aromatic rings. The van der Waals surface area contributed by atoms with Crippen LogP contribution < -0.4 is 50.1 Å². The molecular formula is C103H94N14O10S. The second-order valence-electron chi connectivity index (χ2n) is 30.4. The van der Waals surface area contributed by atoms with Crippen LogP contribution in [-0.4, -0.2) is 93.5 Å². The summed E-state index contributed by atoms with van der Waals surface area (Å²) >= 11 is 1.60. The minimum Gasteiger partial charge on any atom is -0.497 e. The van der Waals surface area contributed by atoms with Crippen molar-refractivity contribution in [3.05, 3.63) is 312 Å². The van der Waals surface area contributed by atoms with E-state index in [1.807, 2.05) is 250 Å². The molecule has 6 heterocycles. The third-order valence-electron chi connectivity index (χ3n) is 21.0. The van der Waals surface area contributed by atoms with E-state index < -0.39 is 12.0 Å². The largest absolute Gasteiger partial charge is 0.497 e. The van der Waals surface area contributed by atoms with Gasteiger partial charge in [0.05, 0.1) is 109 Å². The van der Waals surface area contributed by atoms with Gasteiger partial charge in [-0.15, -0.1) is 11.3 Å². The van der Waals surface area contributed by atoms with Gasteiger partial charge in [0.1, 0.15) is 70.4 Å². The maximum Gasteiger partial charge on any atom is 0.411 e. The molecule has 6 aromatic heterocycles. The fraction of sp³-hybridized carbons (Fsp3) is 0.165. The van der Waals surface area contributed by atoms with E-state index >= 15 is 0 Å². The molecule has 642 valence electrons. The maximum atomic E-state index is 12.2. The highest BCUT2D eigenvalue weighted by Crippen LogP contribution is 2.40. The van der Waals surface area contributed by atoms with Crippen molar-refractivity contribution in [2.45, 2.75) is 66.7 Å². The molecule has 17 rings (SSSR count). The number of hydrogen-bond acceptors (Lipinski definition) is 16. The summed E-state index contributed by atoms with van der Waals surface area (Å²) in [6, 6.07) is 87.8. The fourth-order valence-corrected chi connectivity index (χ4v) is 15.7. The molecule has 0 unspecified atom stereocenters. The first-order chi connectivity index (χ1) is 62.0. The minimum atomic E-state index is -0.491. The summed E-state index contributed by atoms with van der Waals surface area (Å²) in [6.45, 7) is 13.3. The highest BCUT2D eigenvalue weighted by molar-refractivity contribution is 7.13. The second kappa shape index (κ2) is 40.7. The zero-order valence-electron chi connectivity index (χ0n) is 72.8. The van der Waals surface area contributed by atoms with Gasteiger partial charge < -0.3 is 72.4 Å². The van der Waals surface area contributed by atoms with Crippen LogP contribution in [0, 0.1) is 52.2 Å². The lowest BCUT2D eigenvalue weighted by atomic mass is 10.0. The molecule has 128 heavy (non-hydrogen) atoms. The molecule has 25 heteroatoms. The predicted molar refractivity (Wildman–Crippen MR) is 505 cm³/mol. The Morgan fingerprint density at radius 3 is 1.47 bits per heavy atom. The smallest absolute Gasteiger partial charge is 0.411 e. The summed E-state index contributed by atoms with van der Waals surface area (Å²) in [5, 5.41) is 54.0. The molecule has 0 atom stereocenters. The Balaban J connectivity index is 0.000000138. The van der Waals surface area contributed by atoms with E-state index in [1.54, 1.807) is 77.5 Å². The highest BCUT2D eigenvalue weighted by Gasteiger charge is 2.23. The number of fused-ring (bicyclic) bond motifs is 5. The summed E-state index contributed by atoms with van der Waals surface area (Å²) in [7, 11) is 10.2. The first-order valence-corrected chi connectivity index (χ1v) is 41.9. The number of hydrogen-bond donors (Lipinski definition) is 4. The average molecular weight is 1720 g/mol. The molecule has 0 spiro atoms. The number of carbonyl (C=O) groups excluding carboxylic acids is 3. The van der Waals surface area contributed by atoms with Crippen molar-refractivity contribution < 1.29 is 47.5 Å². The summed E-state index contributed by atoms with van der Waals surface area (Å²) in [5.74, 6) is 4.22. The SMILES string of the molecule is CCCOC(=O)Nc1ccc2c(C#N)cn(-c3ccc(OC)cc3)c2c1.CCn1c(COc2ccccc2)c(C#N)c2ccc(OC)cc21.COc1ccc(-n2cc(-c3nc(-c4ccccc4)cs3)c3ccc(C(N)=O)cc32)cc1.COc1ccc(-n2cc(C#N)c3ccc(NC(=O)NC(C)(C)C)cc32)cc1.COc1ccc2c(C#N)c(-c3cccc(C)c3)n(C)c2c1. The van der Waals surface area contributed by atoms with Crippen LogP contribution in [0.25, 0.3) is 105 Å². The van der Waals surface area contributed by atoms with Crippen molar-refractivity contribution in [1.29, 1.82) is 21.0 Å². The number of ether oxygens (including phenoxy) is 7. The van der Waals surface area contributed by atoms with E-state index in [0.29, 0.717) is 52.4 Å². The van der Waals surface area contributed by atoms with Crippen LogP contribution in [0.5, 0.6) is 34.5 Å². The minimum absolute atomic E-state index is 0.273. The number of primary amides is 1. The zero-order valence-corrected chi connectivity index (χ0v) is 73.7. The fourth-order valence-electron chi connectivity index (χ4n) is 14.8. The van der Waals surface area contributed by atoms with Crippen molar-refractivity contribution in [3.63, 3.8) is 0 Å². The van der Waals surface area contributed by atoms with E-state index in [9.17, 15) is 35.4 Å². The molecule has 24 nitrogen and oxygen atoms in total. The molecule has 0 fully saturated rings. The number of nitrogens with one attached hydrogen (secondary N) is 3. The Morgan fingerprint density at radius 2 is 0.969 bits per heavy atom. The number of methoxy groups -OCH3 is 5. The Hall–Kier alpha value is -16.5. The number of thiazole rings is 1. The summed E-state index contributed by atoms with van der Waals surface area (Å²) in [4.78, 5) is 40.6. The van der Waals surface area contributed by atoms with Crippen molar-refractivity contribution >= 4 is 95.3 Å². The van der Waals surface area contributed by atoms with Crippen LogP contribution in [0.3, 0.4) is 0 Å². The lowest BCUT2D eigenvalue weighted by Gasteiger charge is -2.20. The molecule has 0 saturated carbocycles. The molecule has 4 amide bonds. The van der Waals surface area contributed by atoms with E-state index in [1.165, 1.54) is 5.56 Å². The van der Waals surface area contributed by atoms with Crippen LogP contribution in [-0.2, 0) is 24.9 Å². The zero-order chi connectivity index (χ0) is 90.7. The molecular weight excluding hydrogens is 1630 g/mol. The average Bonchev–Trinajstić information content (AvgIpc) is 1.63. The lowest BCUT2D eigenvalue weighted by Crippen LogP contribution is -2.43. The van der Waals surface area contributed by atoms with Crippen LogP contribution in [0.1, 0.15) is 84.9 Å². The van der Waals surface area contributed by atoms with Gasteiger partial charge in [0.25, 0.3) is 0 Å². The molecule has 5 N–H and O–H groups in total. The number of carbonyl (C=O) groups is 3. The molecule has 0 bridgehead atoms. The Morgan fingerprint density at radius 1 is 0.484 bits per heavy atom. The molecule has 0 aliphatic carbocycles. The molecule has 0 aliphatic heterocycles. The van der Waals surface area contributed by atoms with Gasteiger partial charge in [-0.1, -0.05) is 85.3 Å². The van der Waals surface area contributed by atoms with Gasteiger partial charge in [0.2, 0.25) is 5.91 Å². The van der Waals surface area contributed by atoms with E-state index in [2.05, 4.69) is 104 Å². The third-order valence-corrected chi connectivity index (χ3v) is 21.8. The summed E-state index contributed by atoms with van der Waals surface area (Å²) in [5.41, 5.74) is 23.9. The second-order valence-corrected chi connectivity index (χ2v) is 31.3. The van der Waals surface area contributed by atoms with Crippen molar-refractivity contribution in [1.82, 2.24) is 33.1 Å². The number of rotatable bonds is 20. The molecule has 0 aliphatic rings. The van der Waals surface area contributed by atoms with Gasteiger partial charge in [-0.3, -0.25) is 10.1 Å². The maximum absolute atomic E-state index is 12.2.